The molecule has 0 saturated carbocycles. The largest absolute Gasteiger partial charge is 0.463 e. The van der Waals surface area contributed by atoms with Gasteiger partial charge in [0.2, 0.25) is 0 Å². The summed E-state index contributed by atoms with van der Waals surface area (Å²) in [6.45, 7) is 1.67. The molecule has 1 aromatic heterocycles. The van der Waals surface area contributed by atoms with Crippen molar-refractivity contribution in [3.63, 3.8) is 0 Å². The first-order chi connectivity index (χ1) is 6.29. The molecule has 1 rings (SSSR count). The average Bonchev–Trinajstić information content (AvgIpc) is 2.14. The second-order valence-electron chi connectivity index (χ2n) is 2.97. The topological polar surface area (TPSA) is 38.2 Å². The summed E-state index contributed by atoms with van der Waals surface area (Å²) >= 11 is 0. The summed E-state index contributed by atoms with van der Waals surface area (Å²) in [5, 5.41) is 0. The molecule has 0 aliphatic heterocycles. The second-order valence-corrected chi connectivity index (χ2v) is 2.97. The standard InChI is InChI=1S/C9H14N3O/c1-12(2)7-4-8-13-9-10-5-3-6-11-9/h5-6H,4,7-8H2,1-2H3. The number of hydrogen-bond acceptors (Lipinski definition) is 4. The molecule has 1 radical (unpaired) electrons. The minimum absolute atomic E-state index is 0.428. The van der Waals surface area contributed by atoms with E-state index in [1.54, 1.807) is 12.4 Å². The van der Waals surface area contributed by atoms with Gasteiger partial charge < -0.3 is 9.64 Å². The van der Waals surface area contributed by atoms with Crippen LogP contribution in [0.1, 0.15) is 6.42 Å². The third-order valence-electron chi connectivity index (χ3n) is 1.48. The summed E-state index contributed by atoms with van der Waals surface area (Å²) < 4.78 is 5.29. The SMILES string of the molecule is CN(C)CCCOc1nc[c]cn1. The monoisotopic (exact) mass is 180 g/mol. The molecule has 13 heavy (non-hydrogen) atoms. The van der Waals surface area contributed by atoms with Crippen molar-refractivity contribution in [3.8, 4) is 6.01 Å². The molecule has 0 N–H and O–H groups in total. The van der Waals surface area contributed by atoms with Crippen LogP contribution in [-0.4, -0.2) is 42.1 Å². The smallest absolute Gasteiger partial charge is 0.316 e. The molecule has 1 heterocycles. The molecule has 4 nitrogen and oxygen atoms in total. The van der Waals surface area contributed by atoms with Gasteiger partial charge in [0.15, 0.2) is 0 Å². The highest BCUT2D eigenvalue weighted by Crippen LogP contribution is 1.97. The predicted octanol–water partition coefficient (Wildman–Crippen LogP) is 0.607. The molecule has 0 aliphatic carbocycles. The van der Waals surface area contributed by atoms with Crippen LogP contribution in [0.4, 0.5) is 0 Å². The van der Waals surface area contributed by atoms with Crippen LogP contribution in [0.15, 0.2) is 12.4 Å². The molecule has 0 aromatic carbocycles. The van der Waals surface area contributed by atoms with Crippen molar-refractivity contribution in [2.75, 3.05) is 27.2 Å². The van der Waals surface area contributed by atoms with E-state index in [0.717, 1.165) is 13.0 Å². The van der Waals surface area contributed by atoms with Gasteiger partial charge in [-0.3, -0.25) is 0 Å². The summed E-state index contributed by atoms with van der Waals surface area (Å²) in [6.07, 6.45) is 4.08. The van der Waals surface area contributed by atoms with Gasteiger partial charge in [-0.05, 0) is 20.5 Å². The Morgan fingerprint density at radius 2 is 2.08 bits per heavy atom. The number of nitrogens with zero attached hydrogens (tertiary/aromatic N) is 3. The lowest BCUT2D eigenvalue weighted by molar-refractivity contribution is 0.263. The van der Waals surface area contributed by atoms with Crippen molar-refractivity contribution < 1.29 is 4.74 Å². The second kappa shape index (κ2) is 5.48. The Bertz CT molecular complexity index is 226. The summed E-state index contributed by atoms with van der Waals surface area (Å²) in [4.78, 5) is 9.90. The normalized spacial score (nSPS) is 10.4. The Hall–Kier alpha value is -1.16. The zero-order valence-corrected chi connectivity index (χ0v) is 8.03. The highest BCUT2D eigenvalue weighted by molar-refractivity contribution is 4.91. The number of aromatic nitrogens is 2. The van der Waals surface area contributed by atoms with Gasteiger partial charge in [0, 0.05) is 25.0 Å². The van der Waals surface area contributed by atoms with Crippen LogP contribution in [0.5, 0.6) is 6.01 Å². The van der Waals surface area contributed by atoms with Crippen molar-refractivity contribution in [1.29, 1.82) is 0 Å². The van der Waals surface area contributed by atoms with Crippen LogP contribution in [0.25, 0.3) is 0 Å². The first-order valence-corrected chi connectivity index (χ1v) is 4.24. The summed E-state index contributed by atoms with van der Waals surface area (Å²) in [5.41, 5.74) is 0. The van der Waals surface area contributed by atoms with E-state index in [2.05, 4.69) is 20.9 Å². The van der Waals surface area contributed by atoms with Gasteiger partial charge in [-0.1, -0.05) is 0 Å². The third kappa shape index (κ3) is 4.42. The molecule has 0 bridgehead atoms. The highest BCUT2D eigenvalue weighted by Gasteiger charge is 1.95. The van der Waals surface area contributed by atoms with Gasteiger partial charge in [-0.25, -0.2) is 9.97 Å². The molecule has 0 atom stereocenters. The van der Waals surface area contributed by atoms with Crippen LogP contribution in [-0.2, 0) is 0 Å². The van der Waals surface area contributed by atoms with E-state index in [1.165, 1.54) is 0 Å². The maximum atomic E-state index is 5.29. The van der Waals surface area contributed by atoms with Crippen molar-refractivity contribution in [2.24, 2.45) is 0 Å². The van der Waals surface area contributed by atoms with Crippen LogP contribution in [0.3, 0.4) is 0 Å². The van der Waals surface area contributed by atoms with E-state index in [0.29, 0.717) is 12.6 Å². The van der Waals surface area contributed by atoms with Crippen LogP contribution in [0, 0.1) is 6.07 Å². The van der Waals surface area contributed by atoms with Gasteiger partial charge in [0.25, 0.3) is 0 Å². The lowest BCUT2D eigenvalue weighted by Gasteiger charge is -2.08. The summed E-state index contributed by atoms with van der Waals surface area (Å²) in [6, 6.07) is 3.16. The van der Waals surface area contributed by atoms with Gasteiger partial charge >= 0.3 is 6.01 Å². The summed E-state index contributed by atoms with van der Waals surface area (Å²) in [7, 11) is 4.07. The Morgan fingerprint density at radius 3 is 2.69 bits per heavy atom. The van der Waals surface area contributed by atoms with Crippen molar-refractivity contribution in [2.45, 2.75) is 6.42 Å². The fourth-order valence-electron chi connectivity index (χ4n) is 0.870. The van der Waals surface area contributed by atoms with Crippen molar-refractivity contribution >= 4 is 0 Å². The van der Waals surface area contributed by atoms with Gasteiger partial charge in [0.05, 0.1) is 6.61 Å². The quantitative estimate of drug-likeness (QED) is 0.622. The van der Waals surface area contributed by atoms with E-state index in [-0.39, 0.29) is 0 Å². The Labute approximate surface area is 78.6 Å². The molecular formula is C9H14N3O. The van der Waals surface area contributed by atoms with E-state index < -0.39 is 0 Å². The van der Waals surface area contributed by atoms with Crippen molar-refractivity contribution in [1.82, 2.24) is 14.9 Å². The Kier molecular flexibility index (Phi) is 4.18. The zero-order chi connectivity index (χ0) is 9.52. The van der Waals surface area contributed by atoms with E-state index in [4.69, 9.17) is 4.74 Å². The molecule has 1 aromatic rings. The molecule has 4 heteroatoms. The van der Waals surface area contributed by atoms with Gasteiger partial charge in [-0.15, -0.1) is 0 Å². The lowest BCUT2D eigenvalue weighted by atomic mass is 10.4. The van der Waals surface area contributed by atoms with Crippen LogP contribution < -0.4 is 4.74 Å². The van der Waals surface area contributed by atoms with Crippen molar-refractivity contribution in [3.05, 3.63) is 18.5 Å². The van der Waals surface area contributed by atoms with E-state index in [1.807, 2.05) is 14.1 Å². The average molecular weight is 180 g/mol. The van der Waals surface area contributed by atoms with E-state index >= 15 is 0 Å². The Morgan fingerprint density at radius 1 is 1.38 bits per heavy atom. The molecule has 0 amide bonds. The maximum Gasteiger partial charge on any atom is 0.316 e. The molecular weight excluding hydrogens is 166 g/mol. The number of hydrogen-bond donors (Lipinski definition) is 0. The van der Waals surface area contributed by atoms with Gasteiger partial charge in [-0.2, -0.15) is 0 Å². The van der Waals surface area contributed by atoms with Gasteiger partial charge in [0.1, 0.15) is 0 Å². The third-order valence-corrected chi connectivity index (χ3v) is 1.48. The van der Waals surface area contributed by atoms with Crippen LogP contribution in [0.2, 0.25) is 0 Å². The number of ether oxygens (including phenoxy) is 1. The maximum absolute atomic E-state index is 5.29. The first kappa shape index (κ1) is 9.92. The molecule has 71 valence electrons. The predicted molar refractivity (Wildman–Crippen MR) is 49.5 cm³/mol. The number of rotatable bonds is 5. The Balaban J connectivity index is 2.13. The first-order valence-electron chi connectivity index (χ1n) is 4.24. The summed E-state index contributed by atoms with van der Waals surface area (Å²) in [5.74, 6) is 0. The van der Waals surface area contributed by atoms with E-state index in [9.17, 15) is 0 Å². The minimum atomic E-state index is 0.428. The minimum Gasteiger partial charge on any atom is -0.463 e. The molecule has 0 unspecified atom stereocenters. The molecule has 0 saturated heterocycles. The fourth-order valence-corrected chi connectivity index (χ4v) is 0.870. The lowest BCUT2D eigenvalue weighted by Crippen LogP contribution is -2.15. The van der Waals surface area contributed by atoms with Crippen LogP contribution >= 0.6 is 0 Å². The fraction of sp³-hybridized carbons (Fsp3) is 0.556. The highest BCUT2D eigenvalue weighted by atomic mass is 16.5. The zero-order valence-electron chi connectivity index (χ0n) is 8.03. The molecule has 0 aliphatic rings. The molecule has 0 fully saturated rings. The molecule has 0 spiro atoms.